The zero-order chi connectivity index (χ0) is 13.7. The average molecular weight is 279 g/mol. The first-order valence-corrected chi connectivity index (χ1v) is 8.24. The van der Waals surface area contributed by atoms with Crippen molar-refractivity contribution in [1.29, 1.82) is 0 Å². The molecule has 0 amide bonds. The number of aliphatic hydroxyl groups is 1. The lowest BCUT2D eigenvalue weighted by Crippen LogP contribution is -2.53. The van der Waals surface area contributed by atoms with Crippen LogP contribution < -0.4 is 5.32 Å². The molecule has 1 fully saturated rings. The van der Waals surface area contributed by atoms with Crippen LogP contribution in [-0.4, -0.2) is 29.5 Å². The molecular formula is C16H25NOS. The molecule has 1 aliphatic rings. The van der Waals surface area contributed by atoms with E-state index in [4.69, 9.17) is 0 Å². The van der Waals surface area contributed by atoms with Crippen molar-refractivity contribution in [2.75, 3.05) is 18.9 Å². The molecule has 1 saturated carbocycles. The van der Waals surface area contributed by atoms with Crippen LogP contribution in [0.1, 0.15) is 31.7 Å². The average Bonchev–Trinajstić information content (AvgIpc) is 3.25. The molecule has 0 spiro atoms. The number of hydrogen-bond acceptors (Lipinski definition) is 3. The minimum atomic E-state index is -0.0789. The van der Waals surface area contributed by atoms with Gasteiger partial charge in [-0.15, -0.1) is 11.8 Å². The molecule has 2 nitrogen and oxygen atoms in total. The smallest absolute Gasteiger partial charge is 0.0624 e. The second kappa shape index (κ2) is 6.78. The molecule has 2 rings (SSSR count). The summed E-state index contributed by atoms with van der Waals surface area (Å²) in [7, 11) is 0. The first kappa shape index (κ1) is 14.9. The molecule has 0 radical (unpaired) electrons. The predicted molar refractivity (Wildman–Crippen MR) is 82.7 cm³/mol. The first-order valence-electron chi connectivity index (χ1n) is 7.25. The summed E-state index contributed by atoms with van der Waals surface area (Å²) in [5.41, 5.74) is 1.22. The quantitative estimate of drug-likeness (QED) is 0.717. The molecule has 0 saturated heterocycles. The van der Waals surface area contributed by atoms with Crippen LogP contribution >= 0.6 is 11.8 Å². The molecule has 0 bridgehead atoms. The van der Waals surface area contributed by atoms with Gasteiger partial charge in [-0.25, -0.2) is 0 Å². The number of aryl methyl sites for hydroxylation is 1. The Morgan fingerprint density at radius 2 is 2.21 bits per heavy atom. The van der Waals surface area contributed by atoms with Crippen LogP contribution in [0.2, 0.25) is 0 Å². The Kier molecular flexibility index (Phi) is 5.31. The lowest BCUT2D eigenvalue weighted by Gasteiger charge is -2.33. The number of nitrogens with one attached hydrogen (secondary N) is 1. The minimum Gasteiger partial charge on any atom is -0.394 e. The molecule has 19 heavy (non-hydrogen) atoms. The summed E-state index contributed by atoms with van der Waals surface area (Å²) in [4.78, 5) is 1.30. The standard InChI is InChI=1S/C16H25NOS/c1-3-9-17-16(11-18,14-7-8-14)12-19-15-6-4-5-13(2)10-15/h4-6,10,14,17-18H,3,7-9,11-12H2,1-2H3. The lowest BCUT2D eigenvalue weighted by atomic mass is 9.96. The van der Waals surface area contributed by atoms with Gasteiger partial charge < -0.3 is 10.4 Å². The fourth-order valence-electron chi connectivity index (χ4n) is 2.47. The molecule has 2 N–H and O–H groups in total. The molecular weight excluding hydrogens is 254 g/mol. The maximum atomic E-state index is 9.87. The second-order valence-electron chi connectivity index (χ2n) is 5.62. The Morgan fingerprint density at radius 1 is 1.42 bits per heavy atom. The monoisotopic (exact) mass is 279 g/mol. The minimum absolute atomic E-state index is 0.0789. The summed E-state index contributed by atoms with van der Waals surface area (Å²) < 4.78 is 0. The number of thioether (sulfide) groups is 1. The summed E-state index contributed by atoms with van der Waals surface area (Å²) in [6, 6.07) is 8.61. The fourth-order valence-corrected chi connectivity index (χ4v) is 3.77. The fraction of sp³-hybridized carbons (Fsp3) is 0.625. The van der Waals surface area contributed by atoms with Gasteiger partial charge in [0.25, 0.3) is 0 Å². The molecule has 0 heterocycles. The number of aliphatic hydroxyl groups excluding tert-OH is 1. The summed E-state index contributed by atoms with van der Waals surface area (Å²) in [6.45, 7) is 5.54. The zero-order valence-corrected chi connectivity index (χ0v) is 12.8. The van der Waals surface area contributed by atoms with Crippen LogP contribution in [-0.2, 0) is 0 Å². The SMILES string of the molecule is CCCNC(CO)(CSc1cccc(C)c1)C1CC1. The Morgan fingerprint density at radius 3 is 2.79 bits per heavy atom. The van der Waals surface area contributed by atoms with E-state index in [9.17, 15) is 5.11 Å². The van der Waals surface area contributed by atoms with E-state index in [0.717, 1.165) is 18.7 Å². The van der Waals surface area contributed by atoms with Gasteiger partial charge in [0, 0.05) is 10.6 Å². The van der Waals surface area contributed by atoms with Gasteiger partial charge in [0.2, 0.25) is 0 Å². The van der Waals surface area contributed by atoms with Gasteiger partial charge in [-0.1, -0.05) is 24.6 Å². The highest BCUT2D eigenvalue weighted by atomic mass is 32.2. The van der Waals surface area contributed by atoms with Crippen molar-refractivity contribution in [2.45, 2.75) is 43.5 Å². The van der Waals surface area contributed by atoms with Crippen LogP contribution in [0.3, 0.4) is 0 Å². The van der Waals surface area contributed by atoms with Gasteiger partial charge in [0.1, 0.15) is 0 Å². The highest BCUT2D eigenvalue weighted by molar-refractivity contribution is 7.99. The maximum Gasteiger partial charge on any atom is 0.0624 e. The Balaban J connectivity index is 1.99. The van der Waals surface area contributed by atoms with Crippen LogP contribution in [0.25, 0.3) is 0 Å². The Bertz CT molecular complexity index is 405. The molecule has 0 aliphatic heterocycles. The van der Waals surface area contributed by atoms with E-state index in [1.54, 1.807) is 0 Å². The van der Waals surface area contributed by atoms with Crippen LogP contribution in [0.4, 0.5) is 0 Å². The maximum absolute atomic E-state index is 9.87. The second-order valence-corrected chi connectivity index (χ2v) is 6.67. The highest BCUT2D eigenvalue weighted by Gasteiger charge is 2.44. The van der Waals surface area contributed by atoms with Crippen molar-refractivity contribution in [3.05, 3.63) is 29.8 Å². The van der Waals surface area contributed by atoms with E-state index in [0.29, 0.717) is 5.92 Å². The summed E-state index contributed by atoms with van der Waals surface area (Å²) in [6.07, 6.45) is 3.63. The van der Waals surface area contributed by atoms with E-state index in [2.05, 4.69) is 43.4 Å². The van der Waals surface area contributed by atoms with Crippen LogP contribution in [0.15, 0.2) is 29.2 Å². The van der Waals surface area contributed by atoms with Gasteiger partial charge in [0.15, 0.2) is 0 Å². The molecule has 3 heteroatoms. The Hall–Kier alpha value is -0.510. The van der Waals surface area contributed by atoms with E-state index < -0.39 is 0 Å². The highest BCUT2D eigenvalue weighted by Crippen LogP contribution is 2.42. The van der Waals surface area contributed by atoms with Crippen molar-refractivity contribution >= 4 is 11.8 Å². The molecule has 1 aromatic carbocycles. The van der Waals surface area contributed by atoms with Crippen molar-refractivity contribution < 1.29 is 5.11 Å². The summed E-state index contributed by atoms with van der Waals surface area (Å²) in [5, 5.41) is 13.5. The lowest BCUT2D eigenvalue weighted by molar-refractivity contribution is 0.159. The van der Waals surface area contributed by atoms with Crippen LogP contribution in [0.5, 0.6) is 0 Å². The summed E-state index contributed by atoms with van der Waals surface area (Å²) >= 11 is 1.86. The third kappa shape index (κ3) is 3.98. The predicted octanol–water partition coefficient (Wildman–Crippen LogP) is 3.23. The topological polar surface area (TPSA) is 32.3 Å². The van der Waals surface area contributed by atoms with E-state index in [1.165, 1.54) is 23.3 Å². The van der Waals surface area contributed by atoms with Crippen molar-refractivity contribution in [1.82, 2.24) is 5.32 Å². The van der Waals surface area contributed by atoms with Gasteiger partial charge in [0.05, 0.1) is 12.1 Å². The number of benzene rings is 1. The van der Waals surface area contributed by atoms with Crippen molar-refractivity contribution in [3.63, 3.8) is 0 Å². The molecule has 106 valence electrons. The summed E-state index contributed by atoms with van der Waals surface area (Å²) in [5.74, 6) is 1.61. The van der Waals surface area contributed by atoms with Gasteiger partial charge in [-0.3, -0.25) is 0 Å². The third-order valence-electron chi connectivity index (χ3n) is 3.85. The van der Waals surface area contributed by atoms with E-state index in [-0.39, 0.29) is 12.1 Å². The third-order valence-corrected chi connectivity index (χ3v) is 5.10. The van der Waals surface area contributed by atoms with Gasteiger partial charge in [-0.05, 0) is 50.8 Å². The van der Waals surface area contributed by atoms with E-state index in [1.807, 2.05) is 11.8 Å². The number of hydrogen-bond donors (Lipinski definition) is 2. The van der Waals surface area contributed by atoms with Crippen LogP contribution in [0, 0.1) is 12.8 Å². The molecule has 0 aromatic heterocycles. The van der Waals surface area contributed by atoms with E-state index >= 15 is 0 Å². The van der Waals surface area contributed by atoms with Crippen molar-refractivity contribution in [2.24, 2.45) is 5.92 Å². The Labute approximate surface area is 121 Å². The molecule has 1 atom stereocenters. The molecule has 1 aliphatic carbocycles. The van der Waals surface area contributed by atoms with Crippen molar-refractivity contribution in [3.8, 4) is 0 Å². The zero-order valence-electron chi connectivity index (χ0n) is 12.0. The van der Waals surface area contributed by atoms with Gasteiger partial charge in [-0.2, -0.15) is 0 Å². The first-order chi connectivity index (χ1) is 9.20. The largest absolute Gasteiger partial charge is 0.394 e. The molecule has 1 aromatic rings. The molecule has 1 unspecified atom stereocenters. The normalized spacial score (nSPS) is 18.3. The van der Waals surface area contributed by atoms with Gasteiger partial charge >= 0.3 is 0 Å². The number of rotatable bonds is 8.